The van der Waals surface area contributed by atoms with Gasteiger partial charge in [-0.25, -0.2) is 4.79 Å². The zero-order chi connectivity index (χ0) is 21.8. The number of aromatic nitrogens is 2. The van der Waals surface area contributed by atoms with Crippen molar-refractivity contribution >= 4 is 22.8 Å². The average Bonchev–Trinajstić information content (AvgIpc) is 2.79. The predicted octanol–water partition coefficient (Wildman–Crippen LogP) is 0.189. The fourth-order valence-corrected chi connectivity index (χ4v) is 3.16. The van der Waals surface area contributed by atoms with Crippen LogP contribution in [-0.4, -0.2) is 47.3 Å². The molecule has 2 N–H and O–H groups in total. The van der Waals surface area contributed by atoms with E-state index < -0.39 is 36.3 Å². The minimum atomic E-state index is -0.791. The maximum Gasteiger partial charge on any atom is 0.329 e. The fourth-order valence-electron chi connectivity index (χ4n) is 3.16. The van der Waals surface area contributed by atoms with E-state index >= 15 is 0 Å². The number of carbonyl (C=O) groups is 2. The molecule has 1 atom stereocenters. The number of esters is 1. The number of aromatic amines is 1. The van der Waals surface area contributed by atoms with Gasteiger partial charge in [-0.1, -0.05) is 24.3 Å². The molecule has 1 aromatic heterocycles. The maximum absolute atomic E-state index is 12.1. The standard InChI is InChI=1S/C21H19N3O7/c25-18(22-9-13-11-29-16-7-3-4-8-17(16)31-13)12-30-19(26)10-24-15-6-2-1-5-14(15)20(27)23-21(24)28/h1-8,13H,9-12H2,(H,22,25)(H,23,27,28). The monoisotopic (exact) mass is 425 g/mol. The van der Waals surface area contributed by atoms with Gasteiger partial charge >= 0.3 is 11.7 Å². The summed E-state index contributed by atoms with van der Waals surface area (Å²) in [6, 6.07) is 13.6. The average molecular weight is 425 g/mol. The van der Waals surface area contributed by atoms with Crippen LogP contribution in [0.3, 0.4) is 0 Å². The van der Waals surface area contributed by atoms with Crippen molar-refractivity contribution in [2.75, 3.05) is 19.8 Å². The second-order valence-electron chi connectivity index (χ2n) is 6.82. The molecule has 1 aliphatic rings. The highest BCUT2D eigenvalue weighted by atomic mass is 16.6. The first-order valence-electron chi connectivity index (χ1n) is 9.54. The van der Waals surface area contributed by atoms with Gasteiger partial charge in [0.1, 0.15) is 19.3 Å². The summed E-state index contributed by atoms with van der Waals surface area (Å²) in [4.78, 5) is 50.3. The number of hydrogen-bond acceptors (Lipinski definition) is 7. The lowest BCUT2D eigenvalue weighted by Crippen LogP contribution is -2.42. The third-order valence-corrected chi connectivity index (χ3v) is 4.65. The van der Waals surface area contributed by atoms with Crippen molar-refractivity contribution in [3.8, 4) is 11.5 Å². The number of nitrogens with zero attached hydrogens (tertiary/aromatic N) is 1. The molecule has 0 bridgehead atoms. The highest BCUT2D eigenvalue weighted by Gasteiger charge is 2.21. The van der Waals surface area contributed by atoms with Gasteiger partial charge in [-0.05, 0) is 24.3 Å². The van der Waals surface area contributed by atoms with Crippen LogP contribution in [-0.2, 0) is 20.9 Å². The highest BCUT2D eigenvalue weighted by molar-refractivity contribution is 5.82. The molecule has 160 valence electrons. The van der Waals surface area contributed by atoms with Crippen LogP contribution >= 0.6 is 0 Å². The molecule has 3 aromatic rings. The van der Waals surface area contributed by atoms with E-state index in [0.717, 1.165) is 4.57 Å². The van der Waals surface area contributed by atoms with Crippen LogP contribution in [0.2, 0.25) is 0 Å². The Bertz CT molecular complexity index is 1250. The zero-order valence-corrected chi connectivity index (χ0v) is 16.3. The van der Waals surface area contributed by atoms with Gasteiger partial charge < -0.3 is 19.5 Å². The van der Waals surface area contributed by atoms with Gasteiger partial charge in [0.2, 0.25) is 0 Å². The molecule has 2 heterocycles. The topological polar surface area (TPSA) is 129 Å². The first-order chi connectivity index (χ1) is 15.0. The quantitative estimate of drug-likeness (QED) is 0.540. The van der Waals surface area contributed by atoms with E-state index in [2.05, 4.69) is 10.3 Å². The molecule has 10 heteroatoms. The summed E-state index contributed by atoms with van der Waals surface area (Å²) in [7, 11) is 0. The summed E-state index contributed by atoms with van der Waals surface area (Å²) in [5.41, 5.74) is -0.978. The van der Waals surface area contributed by atoms with Crippen molar-refractivity contribution in [2.24, 2.45) is 0 Å². The minimum absolute atomic E-state index is 0.175. The summed E-state index contributed by atoms with van der Waals surface area (Å²) in [5, 5.41) is 2.88. The predicted molar refractivity (Wildman–Crippen MR) is 109 cm³/mol. The van der Waals surface area contributed by atoms with Gasteiger partial charge in [0, 0.05) is 0 Å². The summed E-state index contributed by atoms with van der Waals surface area (Å²) < 4.78 is 17.4. The zero-order valence-electron chi connectivity index (χ0n) is 16.3. The molecule has 1 amide bonds. The Morgan fingerprint density at radius 2 is 1.84 bits per heavy atom. The molecular formula is C21H19N3O7. The molecule has 1 unspecified atom stereocenters. The first-order valence-corrected chi connectivity index (χ1v) is 9.54. The van der Waals surface area contributed by atoms with Crippen LogP contribution in [0.5, 0.6) is 11.5 Å². The summed E-state index contributed by atoms with van der Waals surface area (Å²) >= 11 is 0. The molecule has 0 saturated carbocycles. The van der Waals surface area contributed by atoms with Gasteiger partial charge in [0.25, 0.3) is 11.5 Å². The van der Waals surface area contributed by atoms with Gasteiger partial charge in [-0.15, -0.1) is 0 Å². The first kappa shape index (κ1) is 20.2. The number of ether oxygens (including phenoxy) is 3. The Morgan fingerprint density at radius 3 is 2.68 bits per heavy atom. The number of carbonyl (C=O) groups excluding carboxylic acids is 2. The number of nitrogens with one attached hydrogen (secondary N) is 2. The SMILES string of the molecule is O=C(COC(=O)Cn1c(=O)[nH]c(=O)c2ccccc21)NCC1COc2ccccc2O1. The smallest absolute Gasteiger partial charge is 0.329 e. The van der Waals surface area contributed by atoms with Crippen molar-refractivity contribution in [3.63, 3.8) is 0 Å². The molecule has 31 heavy (non-hydrogen) atoms. The van der Waals surface area contributed by atoms with Gasteiger partial charge in [-0.2, -0.15) is 0 Å². The molecule has 4 rings (SSSR count). The largest absolute Gasteiger partial charge is 0.486 e. The van der Waals surface area contributed by atoms with E-state index in [9.17, 15) is 19.2 Å². The van der Waals surface area contributed by atoms with E-state index in [0.29, 0.717) is 17.0 Å². The second-order valence-corrected chi connectivity index (χ2v) is 6.82. The van der Waals surface area contributed by atoms with Gasteiger partial charge in [0.15, 0.2) is 18.1 Å². The summed E-state index contributed by atoms with van der Waals surface area (Å²) in [5.74, 6) is -0.0721. The van der Waals surface area contributed by atoms with E-state index in [1.807, 2.05) is 12.1 Å². The van der Waals surface area contributed by atoms with Crippen LogP contribution in [0, 0.1) is 0 Å². The number of amides is 1. The van der Waals surface area contributed by atoms with Gasteiger partial charge in [-0.3, -0.25) is 23.9 Å². The number of fused-ring (bicyclic) bond motifs is 2. The number of hydrogen-bond donors (Lipinski definition) is 2. The number of rotatable bonds is 6. The van der Waals surface area contributed by atoms with Gasteiger partial charge in [0.05, 0.1) is 17.4 Å². The van der Waals surface area contributed by atoms with Crippen LogP contribution in [0.15, 0.2) is 58.1 Å². The third-order valence-electron chi connectivity index (χ3n) is 4.65. The van der Waals surface area contributed by atoms with Crippen molar-refractivity contribution in [3.05, 3.63) is 69.4 Å². The fraction of sp³-hybridized carbons (Fsp3) is 0.238. The Labute approximate surface area is 175 Å². The molecule has 0 radical (unpaired) electrons. The minimum Gasteiger partial charge on any atom is -0.486 e. The lowest BCUT2D eigenvalue weighted by atomic mass is 10.2. The Morgan fingerprint density at radius 1 is 1.10 bits per heavy atom. The normalized spacial score (nSPS) is 14.8. The highest BCUT2D eigenvalue weighted by Crippen LogP contribution is 2.30. The maximum atomic E-state index is 12.1. The molecule has 1 aliphatic heterocycles. The van der Waals surface area contributed by atoms with Crippen LogP contribution in [0.1, 0.15) is 0 Å². The van der Waals surface area contributed by atoms with Crippen LogP contribution in [0.4, 0.5) is 0 Å². The summed E-state index contributed by atoms with van der Waals surface area (Å²) in [6.45, 7) is -0.507. The van der Waals surface area contributed by atoms with E-state index in [1.54, 1.807) is 36.4 Å². The molecule has 10 nitrogen and oxygen atoms in total. The van der Waals surface area contributed by atoms with Crippen molar-refractivity contribution < 1.29 is 23.8 Å². The molecule has 0 saturated heterocycles. The molecular weight excluding hydrogens is 406 g/mol. The summed E-state index contributed by atoms with van der Waals surface area (Å²) in [6.07, 6.45) is -0.374. The van der Waals surface area contributed by atoms with Crippen LogP contribution in [0.25, 0.3) is 10.9 Å². The lowest BCUT2D eigenvalue weighted by molar-refractivity contribution is -0.149. The van der Waals surface area contributed by atoms with E-state index in [1.165, 1.54) is 0 Å². The van der Waals surface area contributed by atoms with Crippen molar-refractivity contribution in [1.82, 2.24) is 14.9 Å². The number of para-hydroxylation sites is 3. The van der Waals surface area contributed by atoms with Crippen LogP contribution < -0.4 is 26.0 Å². The number of H-pyrrole nitrogens is 1. The molecule has 2 aromatic carbocycles. The van der Waals surface area contributed by atoms with E-state index in [4.69, 9.17) is 14.2 Å². The Kier molecular flexibility index (Phi) is 5.69. The molecule has 0 fully saturated rings. The van der Waals surface area contributed by atoms with E-state index in [-0.39, 0.29) is 24.6 Å². The Hall–Kier alpha value is -4.08. The Balaban J connectivity index is 1.29. The third kappa shape index (κ3) is 4.58. The second kappa shape index (κ2) is 8.74. The van der Waals surface area contributed by atoms with Crippen molar-refractivity contribution in [2.45, 2.75) is 12.6 Å². The lowest BCUT2D eigenvalue weighted by Gasteiger charge is -2.26. The molecule has 0 aliphatic carbocycles. The molecule has 0 spiro atoms. The van der Waals surface area contributed by atoms with Crippen molar-refractivity contribution in [1.29, 1.82) is 0 Å². The number of benzene rings is 2.